The van der Waals surface area contributed by atoms with Gasteiger partial charge in [0.2, 0.25) is 0 Å². The van der Waals surface area contributed by atoms with Gasteiger partial charge in [0.15, 0.2) is 0 Å². The lowest BCUT2D eigenvalue weighted by atomic mass is 10.0. The van der Waals surface area contributed by atoms with Crippen LogP contribution in [0.2, 0.25) is 0 Å². The summed E-state index contributed by atoms with van der Waals surface area (Å²) >= 11 is 0. The topological polar surface area (TPSA) is 18.5 Å². The average molecular weight is 100 g/mol. The summed E-state index contributed by atoms with van der Waals surface area (Å²) in [6, 6.07) is 0. The second-order valence-corrected chi connectivity index (χ2v) is 2.17. The molecule has 0 amide bonds. The fourth-order valence-corrected chi connectivity index (χ4v) is 1.04. The molecule has 2 aliphatic heterocycles. The third-order valence-electron chi connectivity index (χ3n) is 1.66. The zero-order valence-corrected chi connectivity index (χ0v) is 4.09. The zero-order valence-electron chi connectivity index (χ0n) is 4.09. The fraction of sp³-hybridized carbons (Fsp3) is 1.00. The fourth-order valence-electron chi connectivity index (χ4n) is 1.04. The van der Waals surface area contributed by atoms with Crippen molar-refractivity contribution in [3.8, 4) is 0 Å². The number of hydrogen-bond acceptors (Lipinski definition) is 2. The van der Waals surface area contributed by atoms with Crippen molar-refractivity contribution in [2.45, 2.75) is 6.10 Å². The van der Waals surface area contributed by atoms with Crippen molar-refractivity contribution in [3.63, 3.8) is 0 Å². The molecule has 0 aromatic heterocycles. The summed E-state index contributed by atoms with van der Waals surface area (Å²) in [5.74, 6) is 0.750. The van der Waals surface area contributed by atoms with E-state index in [2.05, 4.69) is 0 Å². The van der Waals surface area contributed by atoms with E-state index < -0.39 is 0 Å². The van der Waals surface area contributed by atoms with Crippen LogP contribution in [-0.2, 0) is 9.47 Å². The van der Waals surface area contributed by atoms with Crippen molar-refractivity contribution < 1.29 is 9.47 Å². The minimum absolute atomic E-state index is 0.472. The minimum Gasteiger partial charge on any atom is -0.378 e. The maximum atomic E-state index is 5.13. The number of ether oxygens (including phenoxy) is 2. The first-order valence-corrected chi connectivity index (χ1v) is 2.66. The monoisotopic (exact) mass is 100 g/mol. The molecule has 40 valence electrons. The summed E-state index contributed by atoms with van der Waals surface area (Å²) in [6.45, 7) is 2.71. The number of rotatable bonds is 0. The molecule has 0 bridgehead atoms. The van der Waals surface area contributed by atoms with Gasteiger partial charge < -0.3 is 9.47 Å². The molecule has 0 aromatic rings. The zero-order chi connectivity index (χ0) is 4.69. The Balaban J connectivity index is 2.03. The Bertz CT molecular complexity index is 72.1. The van der Waals surface area contributed by atoms with E-state index in [1.165, 1.54) is 0 Å². The van der Waals surface area contributed by atoms with Crippen LogP contribution in [-0.4, -0.2) is 25.9 Å². The lowest BCUT2D eigenvalue weighted by Gasteiger charge is -2.27. The first kappa shape index (κ1) is 3.87. The Labute approximate surface area is 42.4 Å². The molecule has 0 N–H and O–H groups in total. The van der Waals surface area contributed by atoms with E-state index in [9.17, 15) is 0 Å². The Kier molecular flexibility index (Phi) is 0.664. The molecule has 0 saturated carbocycles. The standard InChI is InChI=1S/C5H8O2/c1-4-2-7-5(4)3-6-1/h4-5H,1-3H2. The van der Waals surface area contributed by atoms with E-state index in [1.54, 1.807) is 0 Å². The molecule has 0 aromatic carbocycles. The molecule has 0 radical (unpaired) electrons. The van der Waals surface area contributed by atoms with Gasteiger partial charge in [-0.1, -0.05) is 0 Å². The molecule has 2 rings (SSSR count). The van der Waals surface area contributed by atoms with E-state index in [4.69, 9.17) is 9.47 Å². The van der Waals surface area contributed by atoms with Gasteiger partial charge in [-0.2, -0.15) is 0 Å². The van der Waals surface area contributed by atoms with Gasteiger partial charge in [0.1, 0.15) is 0 Å². The molecule has 0 spiro atoms. The molecule has 2 heteroatoms. The Hall–Kier alpha value is -0.0800. The van der Waals surface area contributed by atoms with E-state index in [0.717, 1.165) is 25.7 Å². The predicted molar refractivity (Wildman–Crippen MR) is 24.0 cm³/mol. The normalized spacial score (nSPS) is 48.0. The molecule has 2 atom stereocenters. The summed E-state index contributed by atoms with van der Waals surface area (Å²) in [4.78, 5) is 0. The molecule has 2 unspecified atom stereocenters. The highest BCUT2D eigenvalue weighted by Crippen LogP contribution is 2.25. The van der Waals surface area contributed by atoms with Gasteiger partial charge in [-0.25, -0.2) is 0 Å². The van der Waals surface area contributed by atoms with Gasteiger partial charge in [0.25, 0.3) is 0 Å². The van der Waals surface area contributed by atoms with Crippen LogP contribution in [0.1, 0.15) is 0 Å². The third kappa shape index (κ3) is 0.409. The van der Waals surface area contributed by atoms with Gasteiger partial charge in [-0.05, 0) is 0 Å². The van der Waals surface area contributed by atoms with Crippen LogP contribution in [0.3, 0.4) is 0 Å². The average Bonchev–Trinajstić information content (AvgIpc) is 1.85. The number of hydrogen-bond donors (Lipinski definition) is 0. The minimum atomic E-state index is 0.472. The predicted octanol–water partition coefficient (Wildman–Crippen LogP) is 0.0316. The number of fused-ring (bicyclic) bond motifs is 1. The smallest absolute Gasteiger partial charge is 0.0880 e. The summed E-state index contributed by atoms with van der Waals surface area (Å²) in [7, 11) is 0. The van der Waals surface area contributed by atoms with Crippen LogP contribution in [0.15, 0.2) is 0 Å². The maximum absolute atomic E-state index is 5.13. The summed E-state index contributed by atoms with van der Waals surface area (Å²) in [5, 5.41) is 0. The highest BCUT2D eigenvalue weighted by molar-refractivity contribution is 4.82. The highest BCUT2D eigenvalue weighted by atomic mass is 16.6. The van der Waals surface area contributed by atoms with Crippen LogP contribution in [0.25, 0.3) is 0 Å². The SMILES string of the molecule is C1OCC2OCC12. The highest BCUT2D eigenvalue weighted by Gasteiger charge is 2.36. The second-order valence-electron chi connectivity index (χ2n) is 2.17. The van der Waals surface area contributed by atoms with E-state index in [-0.39, 0.29) is 0 Å². The molecule has 2 saturated heterocycles. The second kappa shape index (κ2) is 1.20. The van der Waals surface area contributed by atoms with Gasteiger partial charge in [0, 0.05) is 5.92 Å². The summed E-state index contributed by atoms with van der Waals surface area (Å²) in [5.41, 5.74) is 0. The van der Waals surface area contributed by atoms with Crippen molar-refractivity contribution in [1.29, 1.82) is 0 Å². The molecule has 2 aliphatic rings. The van der Waals surface area contributed by atoms with Crippen LogP contribution < -0.4 is 0 Å². The maximum Gasteiger partial charge on any atom is 0.0880 e. The van der Waals surface area contributed by atoms with Gasteiger partial charge in [-0.15, -0.1) is 0 Å². The van der Waals surface area contributed by atoms with Crippen LogP contribution in [0.4, 0.5) is 0 Å². The van der Waals surface area contributed by atoms with Crippen molar-refractivity contribution in [1.82, 2.24) is 0 Å². The van der Waals surface area contributed by atoms with Gasteiger partial charge in [0.05, 0.1) is 25.9 Å². The molecule has 2 nitrogen and oxygen atoms in total. The lowest BCUT2D eigenvalue weighted by Crippen LogP contribution is -2.37. The van der Waals surface area contributed by atoms with E-state index in [1.807, 2.05) is 0 Å². The van der Waals surface area contributed by atoms with Crippen LogP contribution >= 0.6 is 0 Å². The van der Waals surface area contributed by atoms with Crippen molar-refractivity contribution >= 4 is 0 Å². The Morgan fingerprint density at radius 1 is 1.14 bits per heavy atom. The Morgan fingerprint density at radius 2 is 2.14 bits per heavy atom. The van der Waals surface area contributed by atoms with Gasteiger partial charge >= 0.3 is 0 Å². The largest absolute Gasteiger partial charge is 0.378 e. The third-order valence-corrected chi connectivity index (χ3v) is 1.66. The van der Waals surface area contributed by atoms with E-state index >= 15 is 0 Å². The first-order chi connectivity index (χ1) is 3.47. The molecule has 2 fully saturated rings. The molecular weight excluding hydrogens is 92.1 g/mol. The summed E-state index contributed by atoms with van der Waals surface area (Å²) < 4.78 is 10.2. The molecule has 2 heterocycles. The van der Waals surface area contributed by atoms with Crippen LogP contribution in [0.5, 0.6) is 0 Å². The first-order valence-electron chi connectivity index (χ1n) is 2.66. The molecular formula is C5H8O2. The quantitative estimate of drug-likeness (QED) is 0.427. The van der Waals surface area contributed by atoms with Crippen molar-refractivity contribution in [3.05, 3.63) is 0 Å². The van der Waals surface area contributed by atoms with Crippen LogP contribution in [0, 0.1) is 5.92 Å². The Morgan fingerprint density at radius 3 is 2.43 bits per heavy atom. The molecule has 0 aliphatic carbocycles. The van der Waals surface area contributed by atoms with E-state index in [0.29, 0.717) is 6.10 Å². The molecule has 7 heavy (non-hydrogen) atoms. The van der Waals surface area contributed by atoms with Crippen molar-refractivity contribution in [2.24, 2.45) is 5.92 Å². The van der Waals surface area contributed by atoms with Crippen molar-refractivity contribution in [2.75, 3.05) is 19.8 Å². The summed E-state index contributed by atoms with van der Waals surface area (Å²) in [6.07, 6.45) is 0.472. The lowest BCUT2D eigenvalue weighted by molar-refractivity contribution is -0.0836. The van der Waals surface area contributed by atoms with Gasteiger partial charge in [-0.3, -0.25) is 0 Å².